The molecule has 2 rings (SSSR count). The molecule has 3 heteroatoms. The molecule has 1 N–H and O–H groups in total. The fraction of sp³-hybridized carbons (Fsp3) is 0.667. The van der Waals surface area contributed by atoms with Gasteiger partial charge in [-0.15, -0.1) is 0 Å². The van der Waals surface area contributed by atoms with Crippen molar-refractivity contribution in [2.75, 3.05) is 40.3 Å². The summed E-state index contributed by atoms with van der Waals surface area (Å²) >= 11 is 0. The zero-order chi connectivity index (χ0) is 15.5. The molecule has 0 aromatic heterocycles. The lowest BCUT2D eigenvalue weighted by molar-refractivity contribution is 0.0383. The zero-order valence-corrected chi connectivity index (χ0v) is 14.3. The first-order chi connectivity index (χ1) is 9.92. The van der Waals surface area contributed by atoms with Crippen molar-refractivity contribution >= 4 is 0 Å². The van der Waals surface area contributed by atoms with E-state index in [0.717, 1.165) is 13.1 Å². The number of rotatable bonds is 5. The molecule has 3 nitrogen and oxygen atoms in total. The van der Waals surface area contributed by atoms with E-state index in [9.17, 15) is 0 Å². The van der Waals surface area contributed by atoms with Crippen LogP contribution in [0.3, 0.4) is 0 Å². The quantitative estimate of drug-likeness (QED) is 0.899. The molecule has 1 aliphatic heterocycles. The van der Waals surface area contributed by atoms with Crippen molar-refractivity contribution in [3.8, 4) is 0 Å². The predicted molar refractivity (Wildman–Crippen MR) is 90.7 cm³/mol. The van der Waals surface area contributed by atoms with Crippen molar-refractivity contribution in [2.45, 2.75) is 38.8 Å². The van der Waals surface area contributed by atoms with E-state index in [0.29, 0.717) is 6.04 Å². The van der Waals surface area contributed by atoms with Gasteiger partial charge in [0.15, 0.2) is 0 Å². The first kappa shape index (κ1) is 16.5. The Kier molecular flexibility index (Phi) is 5.42. The third-order valence-corrected chi connectivity index (χ3v) is 4.96. The minimum absolute atomic E-state index is 0.289. The lowest BCUT2D eigenvalue weighted by Gasteiger charge is -2.45. The molecule has 1 aromatic rings. The predicted octanol–water partition coefficient (Wildman–Crippen LogP) is 2.67. The van der Waals surface area contributed by atoms with Gasteiger partial charge in [0.25, 0.3) is 0 Å². The van der Waals surface area contributed by atoms with Crippen LogP contribution in [-0.2, 0) is 0 Å². The van der Waals surface area contributed by atoms with Gasteiger partial charge in [0.1, 0.15) is 0 Å². The van der Waals surface area contributed by atoms with Crippen molar-refractivity contribution in [3.05, 3.63) is 35.4 Å². The largest absolute Gasteiger partial charge is 0.313 e. The third kappa shape index (κ3) is 4.29. The minimum Gasteiger partial charge on any atom is -0.313 e. The normalized spacial score (nSPS) is 21.4. The number of nitrogens with one attached hydrogen (secondary N) is 1. The molecule has 1 saturated heterocycles. The molecule has 0 aliphatic carbocycles. The maximum atomic E-state index is 3.47. The molecule has 118 valence electrons. The summed E-state index contributed by atoms with van der Waals surface area (Å²) in [5.74, 6) is 0. The molecule has 1 aromatic carbocycles. The van der Waals surface area contributed by atoms with Gasteiger partial charge in [0, 0.05) is 37.8 Å². The SMILES string of the molecule is CNC(CCN1CCN(C)C(C)(C)C1)c1ccc(C)cc1. The molecular formula is C18H31N3. The zero-order valence-electron chi connectivity index (χ0n) is 14.3. The summed E-state index contributed by atoms with van der Waals surface area (Å²) in [7, 11) is 4.30. The van der Waals surface area contributed by atoms with Gasteiger partial charge in [0.05, 0.1) is 0 Å². The highest BCUT2D eigenvalue weighted by molar-refractivity contribution is 5.24. The number of hydrogen-bond donors (Lipinski definition) is 1. The average molecular weight is 289 g/mol. The van der Waals surface area contributed by atoms with E-state index in [-0.39, 0.29) is 5.54 Å². The first-order valence-electron chi connectivity index (χ1n) is 8.10. The van der Waals surface area contributed by atoms with E-state index in [1.807, 2.05) is 0 Å². The Balaban J connectivity index is 1.90. The Bertz CT molecular complexity index is 438. The van der Waals surface area contributed by atoms with Crippen LogP contribution in [0.2, 0.25) is 0 Å². The number of aryl methyl sites for hydroxylation is 1. The summed E-state index contributed by atoms with van der Waals surface area (Å²) in [6.07, 6.45) is 1.17. The van der Waals surface area contributed by atoms with Crippen molar-refractivity contribution in [3.63, 3.8) is 0 Å². The van der Waals surface area contributed by atoms with Crippen LogP contribution in [0.25, 0.3) is 0 Å². The van der Waals surface area contributed by atoms with E-state index in [2.05, 4.69) is 74.2 Å². The summed E-state index contributed by atoms with van der Waals surface area (Å²) in [6, 6.07) is 9.37. The van der Waals surface area contributed by atoms with Crippen molar-refractivity contribution in [1.29, 1.82) is 0 Å². The van der Waals surface area contributed by atoms with Crippen molar-refractivity contribution in [2.24, 2.45) is 0 Å². The van der Waals surface area contributed by atoms with Crippen LogP contribution in [0.4, 0.5) is 0 Å². The third-order valence-electron chi connectivity index (χ3n) is 4.96. The number of nitrogens with zero attached hydrogens (tertiary/aromatic N) is 2. The Morgan fingerprint density at radius 2 is 1.86 bits per heavy atom. The fourth-order valence-electron chi connectivity index (χ4n) is 3.12. The molecule has 1 aliphatic rings. The monoisotopic (exact) mass is 289 g/mol. The molecule has 1 atom stereocenters. The minimum atomic E-state index is 0.289. The molecule has 0 radical (unpaired) electrons. The topological polar surface area (TPSA) is 18.5 Å². The molecule has 21 heavy (non-hydrogen) atoms. The van der Waals surface area contributed by atoms with Crippen LogP contribution in [0.5, 0.6) is 0 Å². The second-order valence-corrected chi connectivity index (χ2v) is 7.05. The van der Waals surface area contributed by atoms with Crippen LogP contribution in [0, 0.1) is 6.92 Å². The standard InChI is InChI=1S/C18H31N3/c1-15-6-8-16(9-7-15)17(19-4)10-11-21-13-12-20(5)18(2,3)14-21/h6-9,17,19H,10-14H2,1-5H3. The summed E-state index contributed by atoms with van der Waals surface area (Å²) < 4.78 is 0. The maximum absolute atomic E-state index is 3.47. The van der Waals surface area contributed by atoms with E-state index in [1.54, 1.807) is 0 Å². The van der Waals surface area contributed by atoms with Gasteiger partial charge >= 0.3 is 0 Å². The van der Waals surface area contributed by atoms with E-state index in [4.69, 9.17) is 0 Å². The number of benzene rings is 1. The van der Waals surface area contributed by atoms with Gasteiger partial charge in [-0.05, 0) is 46.9 Å². The van der Waals surface area contributed by atoms with Crippen LogP contribution >= 0.6 is 0 Å². The number of piperazine rings is 1. The van der Waals surface area contributed by atoms with Crippen LogP contribution in [0.1, 0.15) is 37.4 Å². The summed E-state index contributed by atoms with van der Waals surface area (Å²) in [6.45, 7) is 11.5. The smallest absolute Gasteiger partial charge is 0.0329 e. The maximum Gasteiger partial charge on any atom is 0.0329 e. The molecule has 0 amide bonds. The van der Waals surface area contributed by atoms with Crippen LogP contribution in [0.15, 0.2) is 24.3 Å². The van der Waals surface area contributed by atoms with Crippen molar-refractivity contribution in [1.82, 2.24) is 15.1 Å². The van der Waals surface area contributed by atoms with Gasteiger partial charge in [0.2, 0.25) is 0 Å². The average Bonchev–Trinajstić information content (AvgIpc) is 2.45. The highest BCUT2D eigenvalue weighted by Gasteiger charge is 2.30. The number of likely N-dealkylation sites (N-methyl/N-ethyl adjacent to an activating group) is 1. The van der Waals surface area contributed by atoms with Gasteiger partial charge < -0.3 is 10.2 Å². The Morgan fingerprint density at radius 3 is 2.43 bits per heavy atom. The highest BCUT2D eigenvalue weighted by atomic mass is 15.3. The molecule has 0 spiro atoms. The molecule has 1 heterocycles. The molecule has 0 bridgehead atoms. The van der Waals surface area contributed by atoms with Gasteiger partial charge in [-0.25, -0.2) is 0 Å². The Morgan fingerprint density at radius 1 is 1.19 bits per heavy atom. The fourth-order valence-corrected chi connectivity index (χ4v) is 3.12. The summed E-state index contributed by atoms with van der Waals surface area (Å²) in [5, 5.41) is 3.47. The van der Waals surface area contributed by atoms with Crippen molar-refractivity contribution < 1.29 is 0 Å². The van der Waals surface area contributed by atoms with Gasteiger partial charge in [-0.3, -0.25) is 4.90 Å². The Hall–Kier alpha value is -0.900. The first-order valence-corrected chi connectivity index (χ1v) is 8.10. The second kappa shape index (κ2) is 6.91. The van der Waals surface area contributed by atoms with E-state index < -0.39 is 0 Å². The molecule has 1 unspecified atom stereocenters. The van der Waals surface area contributed by atoms with Gasteiger partial charge in [-0.2, -0.15) is 0 Å². The summed E-state index contributed by atoms with van der Waals surface area (Å²) in [5.41, 5.74) is 3.02. The summed E-state index contributed by atoms with van der Waals surface area (Å²) in [4.78, 5) is 5.08. The highest BCUT2D eigenvalue weighted by Crippen LogP contribution is 2.22. The number of hydrogen-bond acceptors (Lipinski definition) is 3. The van der Waals surface area contributed by atoms with Crippen LogP contribution < -0.4 is 5.32 Å². The molecular weight excluding hydrogens is 258 g/mol. The Labute approximate surface area is 130 Å². The van der Waals surface area contributed by atoms with E-state index >= 15 is 0 Å². The lowest BCUT2D eigenvalue weighted by atomic mass is 9.98. The van der Waals surface area contributed by atoms with Crippen LogP contribution in [-0.4, -0.2) is 55.6 Å². The lowest BCUT2D eigenvalue weighted by Crippen LogP contribution is -2.57. The molecule has 0 saturated carbocycles. The second-order valence-electron chi connectivity index (χ2n) is 7.05. The molecule has 1 fully saturated rings. The van der Waals surface area contributed by atoms with Gasteiger partial charge in [-0.1, -0.05) is 29.8 Å². The van der Waals surface area contributed by atoms with E-state index in [1.165, 1.54) is 30.6 Å².